The number of aromatic nitrogens is 1. The number of nitrogens with zero attached hydrogens (tertiary/aromatic N) is 1. The van der Waals surface area contributed by atoms with Crippen LogP contribution < -0.4 is 11.1 Å². The fourth-order valence-corrected chi connectivity index (χ4v) is 3.08. The maximum Gasteiger partial charge on any atom is 0.254 e. The van der Waals surface area contributed by atoms with Crippen LogP contribution in [0.4, 0.5) is 8.78 Å². The van der Waals surface area contributed by atoms with Gasteiger partial charge < -0.3 is 15.8 Å². The number of nitrogens with one attached hydrogen (secondary N) is 2. The van der Waals surface area contributed by atoms with Crippen molar-refractivity contribution in [2.24, 2.45) is 5.73 Å². The Kier molecular flexibility index (Phi) is 8.80. The summed E-state index contributed by atoms with van der Waals surface area (Å²) in [6.07, 6.45) is 1.62. The van der Waals surface area contributed by atoms with Crippen LogP contribution in [0.2, 0.25) is 0 Å². The number of carbonyl (C=O) groups excluding carboxylic acids is 1. The van der Waals surface area contributed by atoms with Crippen LogP contribution in [0.5, 0.6) is 0 Å². The Morgan fingerprint density at radius 1 is 1.16 bits per heavy atom. The number of amides is 1. The summed E-state index contributed by atoms with van der Waals surface area (Å²) < 4.78 is 35.1. The lowest BCUT2D eigenvalue weighted by Crippen LogP contribution is -2.31. The molecule has 2 aromatic carbocycles. The number of nitrogens with two attached hydrogens (primary N) is 1. The average molecular weight is 461 g/mol. The molecule has 0 radical (unpaired) electrons. The van der Waals surface area contributed by atoms with Crippen LogP contribution in [0.3, 0.4) is 0 Å². The summed E-state index contributed by atoms with van der Waals surface area (Å²) in [5, 5.41) is 10.0. The molecular formula is C23H23ClF2N4O2. The van der Waals surface area contributed by atoms with Gasteiger partial charge in [0.25, 0.3) is 5.91 Å². The van der Waals surface area contributed by atoms with E-state index in [4.69, 9.17) is 15.9 Å². The van der Waals surface area contributed by atoms with E-state index in [9.17, 15) is 13.6 Å². The number of rotatable bonds is 8. The highest BCUT2D eigenvalue weighted by Gasteiger charge is 2.28. The van der Waals surface area contributed by atoms with Gasteiger partial charge in [-0.3, -0.25) is 15.2 Å². The molecule has 0 aliphatic rings. The Balaban J connectivity index is 0.00000363. The van der Waals surface area contributed by atoms with E-state index in [0.29, 0.717) is 16.7 Å². The number of pyridine rings is 1. The minimum Gasteiger partial charge on any atom is -0.384 e. The van der Waals surface area contributed by atoms with E-state index < -0.39 is 29.2 Å². The summed E-state index contributed by atoms with van der Waals surface area (Å²) in [5.41, 5.74) is 7.14. The number of hydrogen-bond acceptors (Lipinski definition) is 4. The second-order valence-corrected chi connectivity index (χ2v) is 6.76. The van der Waals surface area contributed by atoms with Crippen LogP contribution >= 0.6 is 12.4 Å². The minimum atomic E-state index is -1.44. The van der Waals surface area contributed by atoms with Crippen LogP contribution in [0.15, 0.2) is 60.9 Å². The van der Waals surface area contributed by atoms with E-state index in [1.54, 1.807) is 49.5 Å². The molecule has 0 unspecified atom stereocenters. The molecule has 1 aromatic heterocycles. The molecule has 1 amide bonds. The third kappa shape index (κ3) is 5.87. The van der Waals surface area contributed by atoms with Crippen molar-refractivity contribution < 1.29 is 18.3 Å². The quantitative estimate of drug-likeness (QED) is 0.347. The molecule has 1 heterocycles. The SMILES string of the molecule is CCO[C@H](C(=O)NCc1ccc(C(=N)N)cc1)c1c(F)cc(-c2cccnc2)cc1F.Cl. The Labute approximate surface area is 190 Å². The standard InChI is InChI=1S/C23H22F2N4O2.ClH/c1-2-31-21(23(30)29-12-14-5-7-15(8-6-14)22(26)27)20-18(24)10-17(11-19(20)25)16-4-3-9-28-13-16;/h3-11,13,21H,2,12H2,1H3,(H3,26,27)(H,29,30);1H/t21-;/m0./s1. The van der Waals surface area contributed by atoms with Crippen molar-refractivity contribution in [2.75, 3.05) is 6.61 Å². The number of amidine groups is 1. The van der Waals surface area contributed by atoms with Crippen LogP contribution in [0.25, 0.3) is 11.1 Å². The number of nitrogen functional groups attached to an aromatic ring is 1. The molecule has 168 valence electrons. The molecule has 0 aliphatic heterocycles. The zero-order valence-electron chi connectivity index (χ0n) is 17.3. The third-order valence-corrected chi connectivity index (χ3v) is 4.64. The van der Waals surface area contributed by atoms with Gasteiger partial charge in [0.2, 0.25) is 0 Å². The van der Waals surface area contributed by atoms with Gasteiger partial charge in [-0.1, -0.05) is 30.3 Å². The zero-order valence-corrected chi connectivity index (χ0v) is 18.1. The third-order valence-electron chi connectivity index (χ3n) is 4.64. The van der Waals surface area contributed by atoms with E-state index in [2.05, 4.69) is 10.3 Å². The number of benzene rings is 2. The molecule has 32 heavy (non-hydrogen) atoms. The van der Waals surface area contributed by atoms with Gasteiger partial charge in [-0.15, -0.1) is 12.4 Å². The molecule has 3 rings (SSSR count). The smallest absolute Gasteiger partial charge is 0.254 e. The monoisotopic (exact) mass is 460 g/mol. The van der Waals surface area contributed by atoms with Crippen molar-refractivity contribution in [1.29, 1.82) is 5.41 Å². The molecule has 6 nitrogen and oxygen atoms in total. The van der Waals surface area contributed by atoms with Crippen LogP contribution in [0, 0.1) is 17.0 Å². The fraction of sp³-hybridized carbons (Fsp3) is 0.174. The van der Waals surface area contributed by atoms with Crippen molar-refractivity contribution in [1.82, 2.24) is 10.3 Å². The van der Waals surface area contributed by atoms with Crippen molar-refractivity contribution in [2.45, 2.75) is 19.6 Å². The number of halogens is 3. The lowest BCUT2D eigenvalue weighted by molar-refractivity contribution is -0.133. The topological polar surface area (TPSA) is 101 Å². The van der Waals surface area contributed by atoms with Gasteiger partial charge in [0.05, 0.1) is 5.56 Å². The van der Waals surface area contributed by atoms with Crippen molar-refractivity contribution in [3.05, 3.63) is 89.2 Å². The fourth-order valence-electron chi connectivity index (χ4n) is 3.08. The first-order chi connectivity index (χ1) is 14.9. The molecule has 0 bridgehead atoms. The Bertz CT molecular complexity index is 1060. The van der Waals surface area contributed by atoms with Crippen molar-refractivity contribution >= 4 is 24.1 Å². The average Bonchev–Trinajstić information content (AvgIpc) is 2.77. The summed E-state index contributed by atoms with van der Waals surface area (Å²) in [5.74, 6) is -2.48. The van der Waals surface area contributed by atoms with E-state index in [0.717, 1.165) is 17.7 Å². The summed E-state index contributed by atoms with van der Waals surface area (Å²) in [7, 11) is 0. The van der Waals surface area contributed by atoms with Crippen LogP contribution in [-0.2, 0) is 16.1 Å². The Morgan fingerprint density at radius 3 is 2.34 bits per heavy atom. The van der Waals surface area contributed by atoms with Crippen LogP contribution in [-0.4, -0.2) is 23.3 Å². The van der Waals surface area contributed by atoms with Gasteiger partial charge in [-0.25, -0.2) is 8.78 Å². The molecule has 0 fully saturated rings. The molecule has 0 saturated carbocycles. The highest BCUT2D eigenvalue weighted by molar-refractivity contribution is 5.94. The highest BCUT2D eigenvalue weighted by atomic mass is 35.5. The lowest BCUT2D eigenvalue weighted by atomic mass is 10.0. The van der Waals surface area contributed by atoms with Gasteiger partial charge in [-0.2, -0.15) is 0 Å². The summed E-state index contributed by atoms with van der Waals surface area (Å²) in [4.78, 5) is 16.7. The molecule has 0 aliphatic carbocycles. The second-order valence-electron chi connectivity index (χ2n) is 6.76. The maximum absolute atomic E-state index is 14.9. The van der Waals surface area contributed by atoms with Gasteiger partial charge in [0.15, 0.2) is 6.10 Å². The molecule has 0 saturated heterocycles. The predicted molar refractivity (Wildman–Crippen MR) is 121 cm³/mol. The number of ether oxygens (including phenoxy) is 1. The summed E-state index contributed by atoms with van der Waals surface area (Å²) in [6, 6.07) is 12.4. The first-order valence-electron chi connectivity index (χ1n) is 9.62. The maximum atomic E-state index is 14.9. The molecule has 4 N–H and O–H groups in total. The van der Waals surface area contributed by atoms with Gasteiger partial charge in [-0.05, 0) is 36.2 Å². The number of carbonyl (C=O) groups is 1. The largest absolute Gasteiger partial charge is 0.384 e. The van der Waals surface area contributed by atoms with Gasteiger partial charge >= 0.3 is 0 Å². The number of hydrogen-bond donors (Lipinski definition) is 3. The lowest BCUT2D eigenvalue weighted by Gasteiger charge is -2.19. The van der Waals surface area contributed by atoms with Crippen LogP contribution in [0.1, 0.15) is 29.7 Å². The summed E-state index contributed by atoms with van der Waals surface area (Å²) >= 11 is 0. The predicted octanol–water partition coefficient (Wildman–Crippen LogP) is 4.13. The Morgan fingerprint density at radius 2 is 1.81 bits per heavy atom. The molecule has 1 atom stereocenters. The van der Waals surface area contributed by atoms with Crippen molar-refractivity contribution in [3.8, 4) is 11.1 Å². The molecule has 3 aromatic rings. The second kappa shape index (κ2) is 11.3. The van der Waals surface area contributed by atoms with Crippen molar-refractivity contribution in [3.63, 3.8) is 0 Å². The first-order valence-corrected chi connectivity index (χ1v) is 9.62. The Hall–Kier alpha value is -3.36. The van der Waals surface area contributed by atoms with Gasteiger partial charge in [0.1, 0.15) is 17.5 Å². The van der Waals surface area contributed by atoms with E-state index in [-0.39, 0.29) is 31.4 Å². The van der Waals surface area contributed by atoms with E-state index >= 15 is 0 Å². The minimum absolute atomic E-state index is 0. The highest BCUT2D eigenvalue weighted by Crippen LogP contribution is 2.29. The van der Waals surface area contributed by atoms with E-state index in [1.807, 2.05) is 0 Å². The van der Waals surface area contributed by atoms with E-state index in [1.165, 1.54) is 6.20 Å². The summed E-state index contributed by atoms with van der Waals surface area (Å²) in [6.45, 7) is 1.85. The normalized spacial score (nSPS) is 11.3. The van der Waals surface area contributed by atoms with Gasteiger partial charge in [0, 0.05) is 36.7 Å². The molecule has 0 spiro atoms. The first kappa shape index (κ1) is 24.9. The molecular weight excluding hydrogens is 438 g/mol. The molecule has 9 heteroatoms. The zero-order chi connectivity index (χ0) is 22.4.